The number of hydrazone groups is 1. The summed E-state index contributed by atoms with van der Waals surface area (Å²) in [6.45, 7) is 2.03. The Kier molecular flexibility index (Phi) is 6.08. The highest BCUT2D eigenvalue weighted by molar-refractivity contribution is 9.10. The Bertz CT molecular complexity index is 773. The number of hydrogen-bond acceptors (Lipinski definition) is 4. The molecule has 2 rings (SSSR count). The number of carbonyl (C=O) groups excluding carboxylic acids is 2. The molecule has 0 fully saturated rings. The molecule has 0 aliphatic rings. The van der Waals surface area contributed by atoms with Gasteiger partial charge in [-0.3, -0.25) is 9.59 Å². The molecule has 124 valence electrons. The fourth-order valence-corrected chi connectivity index (χ4v) is 2.23. The first-order valence-electron chi connectivity index (χ1n) is 7.21. The standard InChI is InChI=1S/C17H16BrN3O3/c1-2-11-3-6-14(7-4-11)20-16(23)17(24)21-19-10-12-9-13(18)5-8-15(12)22/h3-10,22H,2H2,1H3,(H,20,23)(H,21,24)/b19-10-. The average Bonchev–Trinajstić information content (AvgIpc) is 2.58. The molecule has 0 saturated heterocycles. The lowest BCUT2D eigenvalue weighted by molar-refractivity contribution is -0.136. The number of anilines is 1. The number of phenolic OH excluding ortho intramolecular Hbond substituents is 1. The van der Waals surface area contributed by atoms with Gasteiger partial charge in [0.2, 0.25) is 0 Å². The molecule has 0 heterocycles. The summed E-state index contributed by atoms with van der Waals surface area (Å²) < 4.78 is 0.751. The van der Waals surface area contributed by atoms with E-state index in [1.165, 1.54) is 12.3 Å². The number of amides is 2. The van der Waals surface area contributed by atoms with Gasteiger partial charge >= 0.3 is 11.8 Å². The first-order chi connectivity index (χ1) is 11.5. The van der Waals surface area contributed by atoms with Crippen molar-refractivity contribution in [2.75, 3.05) is 5.32 Å². The van der Waals surface area contributed by atoms with E-state index < -0.39 is 11.8 Å². The van der Waals surface area contributed by atoms with Crippen molar-refractivity contribution in [1.29, 1.82) is 0 Å². The minimum atomic E-state index is -0.902. The highest BCUT2D eigenvalue weighted by Gasteiger charge is 2.12. The van der Waals surface area contributed by atoms with Crippen LogP contribution in [-0.2, 0) is 16.0 Å². The van der Waals surface area contributed by atoms with Gasteiger partial charge in [-0.2, -0.15) is 5.10 Å². The minimum Gasteiger partial charge on any atom is -0.507 e. The van der Waals surface area contributed by atoms with E-state index in [4.69, 9.17) is 0 Å². The first kappa shape index (κ1) is 17.7. The van der Waals surface area contributed by atoms with Crippen molar-refractivity contribution in [2.45, 2.75) is 13.3 Å². The molecule has 2 aromatic carbocycles. The quantitative estimate of drug-likeness (QED) is 0.426. The van der Waals surface area contributed by atoms with Gasteiger partial charge in [-0.05, 0) is 42.3 Å². The van der Waals surface area contributed by atoms with Crippen LogP contribution in [0.15, 0.2) is 52.0 Å². The van der Waals surface area contributed by atoms with E-state index in [1.807, 2.05) is 19.1 Å². The second kappa shape index (κ2) is 8.26. The van der Waals surface area contributed by atoms with Crippen LogP contribution < -0.4 is 10.7 Å². The van der Waals surface area contributed by atoms with Crippen LogP contribution in [0.2, 0.25) is 0 Å². The second-order valence-corrected chi connectivity index (χ2v) is 5.82. The lowest BCUT2D eigenvalue weighted by Gasteiger charge is -2.05. The Balaban J connectivity index is 1.92. The zero-order chi connectivity index (χ0) is 17.5. The summed E-state index contributed by atoms with van der Waals surface area (Å²) in [5, 5.41) is 15.8. The molecule has 2 amide bonds. The topological polar surface area (TPSA) is 90.8 Å². The first-order valence-corrected chi connectivity index (χ1v) is 8.00. The van der Waals surface area contributed by atoms with Gasteiger partial charge in [-0.25, -0.2) is 5.43 Å². The number of nitrogens with zero attached hydrogens (tertiary/aromatic N) is 1. The summed E-state index contributed by atoms with van der Waals surface area (Å²) in [7, 11) is 0. The third-order valence-corrected chi connectivity index (χ3v) is 3.68. The minimum absolute atomic E-state index is 0.0108. The van der Waals surface area contributed by atoms with Crippen LogP contribution in [0.5, 0.6) is 5.75 Å². The number of carbonyl (C=O) groups is 2. The van der Waals surface area contributed by atoms with Crippen molar-refractivity contribution in [2.24, 2.45) is 5.10 Å². The third kappa shape index (κ3) is 4.92. The lowest BCUT2D eigenvalue weighted by Crippen LogP contribution is -2.32. The molecule has 6 nitrogen and oxygen atoms in total. The van der Waals surface area contributed by atoms with Crippen molar-refractivity contribution in [3.05, 3.63) is 58.1 Å². The Morgan fingerprint density at radius 3 is 2.54 bits per heavy atom. The number of benzene rings is 2. The summed E-state index contributed by atoms with van der Waals surface area (Å²) in [5.41, 5.74) is 4.18. The Hall–Kier alpha value is -2.67. The SMILES string of the molecule is CCc1ccc(NC(=O)C(=O)N/N=C\c2cc(Br)ccc2O)cc1. The zero-order valence-corrected chi connectivity index (χ0v) is 14.5. The van der Waals surface area contributed by atoms with E-state index in [0.29, 0.717) is 11.3 Å². The molecule has 2 aromatic rings. The Labute approximate surface area is 147 Å². The van der Waals surface area contributed by atoms with Gasteiger partial charge in [0, 0.05) is 15.7 Å². The van der Waals surface area contributed by atoms with Crippen LogP contribution in [0.4, 0.5) is 5.69 Å². The molecule has 24 heavy (non-hydrogen) atoms. The van der Waals surface area contributed by atoms with E-state index in [-0.39, 0.29) is 5.75 Å². The summed E-state index contributed by atoms with van der Waals surface area (Å²) in [6.07, 6.45) is 2.15. The Morgan fingerprint density at radius 2 is 1.88 bits per heavy atom. The van der Waals surface area contributed by atoms with E-state index >= 15 is 0 Å². The molecule has 3 N–H and O–H groups in total. The van der Waals surface area contributed by atoms with E-state index in [2.05, 4.69) is 31.8 Å². The molecule has 0 bridgehead atoms. The van der Waals surface area contributed by atoms with Crippen LogP contribution in [0, 0.1) is 0 Å². The maximum atomic E-state index is 11.8. The van der Waals surface area contributed by atoms with Crippen molar-refractivity contribution in [1.82, 2.24) is 5.43 Å². The molecule has 0 atom stereocenters. The zero-order valence-electron chi connectivity index (χ0n) is 12.9. The van der Waals surface area contributed by atoms with Crippen LogP contribution in [0.1, 0.15) is 18.1 Å². The van der Waals surface area contributed by atoms with Crippen molar-refractivity contribution < 1.29 is 14.7 Å². The fraction of sp³-hybridized carbons (Fsp3) is 0.118. The van der Waals surface area contributed by atoms with Crippen LogP contribution in [0.3, 0.4) is 0 Å². The maximum absolute atomic E-state index is 11.8. The summed E-state index contributed by atoms with van der Waals surface area (Å²) >= 11 is 3.26. The number of nitrogens with one attached hydrogen (secondary N) is 2. The highest BCUT2D eigenvalue weighted by atomic mass is 79.9. The van der Waals surface area contributed by atoms with Gasteiger partial charge < -0.3 is 10.4 Å². The lowest BCUT2D eigenvalue weighted by atomic mass is 10.1. The molecular weight excluding hydrogens is 374 g/mol. The van der Waals surface area contributed by atoms with Gasteiger partial charge in [-0.15, -0.1) is 0 Å². The van der Waals surface area contributed by atoms with Gasteiger partial charge in [0.25, 0.3) is 0 Å². The molecule has 0 aliphatic heterocycles. The molecule has 0 unspecified atom stereocenters. The average molecular weight is 390 g/mol. The van der Waals surface area contributed by atoms with Crippen molar-refractivity contribution in [3.63, 3.8) is 0 Å². The van der Waals surface area contributed by atoms with Crippen LogP contribution >= 0.6 is 15.9 Å². The predicted molar refractivity (Wildman–Crippen MR) is 96.0 cm³/mol. The fourth-order valence-electron chi connectivity index (χ4n) is 1.85. The van der Waals surface area contributed by atoms with Crippen LogP contribution in [-0.4, -0.2) is 23.1 Å². The maximum Gasteiger partial charge on any atom is 0.329 e. The van der Waals surface area contributed by atoms with Crippen molar-refractivity contribution >= 4 is 39.6 Å². The normalized spacial score (nSPS) is 10.6. The highest BCUT2D eigenvalue weighted by Crippen LogP contribution is 2.19. The molecule has 0 spiro atoms. The number of aryl methyl sites for hydroxylation is 1. The predicted octanol–water partition coefficient (Wildman–Crippen LogP) is 2.81. The number of phenols is 1. The summed E-state index contributed by atoms with van der Waals surface area (Å²) in [6, 6.07) is 12.0. The van der Waals surface area contributed by atoms with Crippen LogP contribution in [0.25, 0.3) is 0 Å². The molecule has 0 saturated carbocycles. The van der Waals surface area contributed by atoms with E-state index in [0.717, 1.165) is 16.5 Å². The third-order valence-electron chi connectivity index (χ3n) is 3.19. The molecule has 0 radical (unpaired) electrons. The number of hydrogen-bond donors (Lipinski definition) is 3. The van der Waals surface area contributed by atoms with Crippen molar-refractivity contribution in [3.8, 4) is 5.75 Å². The molecule has 0 aromatic heterocycles. The number of rotatable bonds is 4. The number of aromatic hydroxyl groups is 1. The van der Waals surface area contributed by atoms with Gasteiger partial charge in [0.15, 0.2) is 0 Å². The summed E-state index contributed by atoms with van der Waals surface area (Å²) in [4.78, 5) is 23.5. The van der Waals surface area contributed by atoms with Gasteiger partial charge in [0.1, 0.15) is 5.75 Å². The largest absolute Gasteiger partial charge is 0.507 e. The molecule has 0 aliphatic carbocycles. The summed E-state index contributed by atoms with van der Waals surface area (Å²) in [5.74, 6) is -1.72. The molecule has 7 heteroatoms. The van der Waals surface area contributed by atoms with E-state index in [1.54, 1.807) is 24.3 Å². The van der Waals surface area contributed by atoms with E-state index in [9.17, 15) is 14.7 Å². The number of halogens is 1. The van der Waals surface area contributed by atoms with Gasteiger partial charge in [-0.1, -0.05) is 35.0 Å². The second-order valence-electron chi connectivity index (χ2n) is 4.91. The van der Waals surface area contributed by atoms with Gasteiger partial charge in [0.05, 0.1) is 6.21 Å². The monoisotopic (exact) mass is 389 g/mol. The smallest absolute Gasteiger partial charge is 0.329 e. The Morgan fingerprint density at radius 1 is 1.17 bits per heavy atom. The molecular formula is C17H16BrN3O3.